The van der Waals surface area contributed by atoms with Crippen molar-refractivity contribution in [3.8, 4) is 11.5 Å². The number of methoxy groups -OCH3 is 1. The molecule has 6 heteroatoms. The number of halogens is 4. The van der Waals surface area contributed by atoms with Crippen LogP contribution in [-0.4, -0.2) is 7.11 Å². The number of hydrogen-bond donors (Lipinski definition) is 0. The molecule has 0 saturated carbocycles. The minimum absolute atomic E-state index is 0.00580. The van der Waals surface area contributed by atoms with Gasteiger partial charge in [-0.25, -0.2) is 8.78 Å². The van der Waals surface area contributed by atoms with E-state index in [2.05, 4.69) is 15.9 Å². The Morgan fingerprint density at radius 1 is 1.14 bits per heavy atom. The van der Waals surface area contributed by atoms with Crippen molar-refractivity contribution < 1.29 is 18.3 Å². The Hall–Kier alpha value is -1.33. The van der Waals surface area contributed by atoms with Crippen molar-refractivity contribution in [2.24, 2.45) is 0 Å². The van der Waals surface area contributed by atoms with Crippen LogP contribution in [0.15, 0.2) is 34.8 Å². The zero-order valence-corrected chi connectivity index (χ0v) is 13.5. The van der Waals surface area contributed by atoms with Gasteiger partial charge in [-0.3, -0.25) is 0 Å². The number of alkyl halides is 1. The molecule has 0 atom stereocenters. The molecule has 0 bridgehead atoms. The topological polar surface area (TPSA) is 18.5 Å². The Bertz CT molecular complexity index is 627. The molecular formula is C15H12BrClF2O2. The lowest BCUT2D eigenvalue weighted by Gasteiger charge is -2.11. The smallest absolute Gasteiger partial charge is 0.191 e. The predicted molar refractivity (Wildman–Crippen MR) is 80.9 cm³/mol. The number of hydrogen-bond acceptors (Lipinski definition) is 2. The molecule has 2 aromatic carbocycles. The van der Waals surface area contributed by atoms with E-state index < -0.39 is 17.4 Å². The maximum absolute atomic E-state index is 13.8. The lowest BCUT2D eigenvalue weighted by Crippen LogP contribution is -2.02. The highest BCUT2D eigenvalue weighted by atomic mass is 79.9. The minimum atomic E-state index is -0.773. The third-order valence-corrected chi connectivity index (χ3v) is 3.92. The Labute approximate surface area is 134 Å². The highest BCUT2D eigenvalue weighted by Gasteiger charge is 2.13. The Morgan fingerprint density at radius 3 is 2.38 bits per heavy atom. The maximum Gasteiger partial charge on any atom is 0.191 e. The van der Waals surface area contributed by atoms with E-state index in [1.165, 1.54) is 7.11 Å². The summed E-state index contributed by atoms with van der Waals surface area (Å²) in [5.41, 5.74) is 1.08. The second-order valence-electron chi connectivity index (χ2n) is 4.27. The van der Waals surface area contributed by atoms with Crippen LogP contribution in [0.5, 0.6) is 11.5 Å². The van der Waals surface area contributed by atoms with Crippen LogP contribution in [0.1, 0.15) is 11.1 Å². The fraction of sp³-hybridized carbons (Fsp3) is 0.200. The molecule has 112 valence electrons. The first-order valence-corrected chi connectivity index (χ1v) is 7.37. The third-order valence-electron chi connectivity index (χ3n) is 2.84. The van der Waals surface area contributed by atoms with E-state index in [9.17, 15) is 8.78 Å². The minimum Gasteiger partial charge on any atom is -0.497 e. The van der Waals surface area contributed by atoms with Crippen molar-refractivity contribution in [3.63, 3.8) is 0 Å². The van der Waals surface area contributed by atoms with E-state index in [0.717, 1.165) is 22.2 Å². The fourth-order valence-corrected chi connectivity index (χ4v) is 2.28. The van der Waals surface area contributed by atoms with Gasteiger partial charge in [0.15, 0.2) is 17.4 Å². The summed E-state index contributed by atoms with van der Waals surface area (Å²) in [5.74, 6) is -1.29. The number of benzene rings is 2. The van der Waals surface area contributed by atoms with Crippen LogP contribution in [-0.2, 0) is 12.5 Å². The molecule has 21 heavy (non-hydrogen) atoms. The Kier molecular flexibility index (Phi) is 5.42. The normalized spacial score (nSPS) is 10.5. The van der Waals surface area contributed by atoms with Gasteiger partial charge < -0.3 is 9.47 Å². The quantitative estimate of drug-likeness (QED) is 0.679. The van der Waals surface area contributed by atoms with Gasteiger partial charge in [0.2, 0.25) is 0 Å². The summed E-state index contributed by atoms with van der Waals surface area (Å²) < 4.78 is 38.7. The molecule has 0 N–H and O–H groups in total. The Balaban J connectivity index is 2.20. The summed E-state index contributed by atoms with van der Waals surface area (Å²) in [4.78, 5) is 0. The summed E-state index contributed by atoms with van der Waals surface area (Å²) in [6.45, 7) is 0.00580. The van der Waals surface area contributed by atoms with Gasteiger partial charge in [-0.1, -0.05) is 15.9 Å². The molecule has 2 nitrogen and oxygen atoms in total. The molecule has 0 fully saturated rings. The molecule has 0 radical (unpaired) electrons. The molecule has 0 aliphatic carbocycles. The molecule has 0 heterocycles. The van der Waals surface area contributed by atoms with E-state index >= 15 is 0 Å². The summed E-state index contributed by atoms with van der Waals surface area (Å²) in [5, 5.41) is 0. The molecule has 0 aromatic heterocycles. The predicted octanol–water partition coefficient (Wildman–Crippen LogP) is 5.05. The van der Waals surface area contributed by atoms with Crippen LogP contribution in [0.3, 0.4) is 0 Å². The number of rotatable bonds is 5. The molecule has 0 aliphatic heterocycles. The van der Waals surface area contributed by atoms with E-state index in [1.807, 2.05) is 0 Å². The van der Waals surface area contributed by atoms with Crippen LogP contribution >= 0.6 is 27.5 Å². The molecule has 0 amide bonds. The monoisotopic (exact) mass is 376 g/mol. The van der Waals surface area contributed by atoms with Crippen molar-refractivity contribution >= 4 is 27.5 Å². The van der Waals surface area contributed by atoms with Gasteiger partial charge in [-0.05, 0) is 35.9 Å². The van der Waals surface area contributed by atoms with Crippen molar-refractivity contribution in [1.29, 1.82) is 0 Å². The van der Waals surface area contributed by atoms with Crippen molar-refractivity contribution in [3.05, 3.63) is 57.6 Å². The lowest BCUT2D eigenvalue weighted by atomic mass is 10.2. The van der Waals surface area contributed by atoms with Gasteiger partial charge in [-0.2, -0.15) is 0 Å². The third kappa shape index (κ3) is 3.86. The van der Waals surface area contributed by atoms with Crippen molar-refractivity contribution in [1.82, 2.24) is 0 Å². The van der Waals surface area contributed by atoms with Crippen LogP contribution in [0.2, 0.25) is 0 Å². The van der Waals surface area contributed by atoms with Crippen LogP contribution < -0.4 is 9.47 Å². The van der Waals surface area contributed by atoms with Gasteiger partial charge in [0.1, 0.15) is 12.4 Å². The van der Waals surface area contributed by atoms with E-state index in [-0.39, 0.29) is 12.5 Å². The zero-order valence-electron chi connectivity index (χ0n) is 11.1. The summed E-state index contributed by atoms with van der Waals surface area (Å²) in [7, 11) is 1.54. The highest BCUT2D eigenvalue weighted by molar-refractivity contribution is 9.10. The molecule has 0 aliphatic rings. The number of ether oxygens (including phenoxy) is 2. The van der Waals surface area contributed by atoms with Gasteiger partial charge in [0.05, 0.1) is 7.11 Å². The van der Waals surface area contributed by atoms with Gasteiger partial charge in [0, 0.05) is 15.9 Å². The van der Waals surface area contributed by atoms with Gasteiger partial charge >= 0.3 is 0 Å². The largest absolute Gasteiger partial charge is 0.497 e. The second kappa shape index (κ2) is 7.09. The average molecular weight is 378 g/mol. The molecule has 0 spiro atoms. The van der Waals surface area contributed by atoms with E-state index in [4.69, 9.17) is 21.1 Å². The van der Waals surface area contributed by atoms with Gasteiger partial charge in [0.25, 0.3) is 0 Å². The van der Waals surface area contributed by atoms with Crippen LogP contribution in [0.25, 0.3) is 0 Å². The molecule has 2 aromatic rings. The SMILES string of the molecule is COc1ccc(Br)c(COc2c(F)cc(CCl)cc2F)c1. The first-order valence-electron chi connectivity index (χ1n) is 6.04. The molecule has 0 saturated heterocycles. The summed E-state index contributed by atoms with van der Waals surface area (Å²) >= 11 is 8.91. The lowest BCUT2D eigenvalue weighted by molar-refractivity contribution is 0.272. The summed E-state index contributed by atoms with van der Waals surface area (Å²) in [6, 6.07) is 7.59. The van der Waals surface area contributed by atoms with Crippen molar-refractivity contribution in [2.75, 3.05) is 7.11 Å². The van der Waals surface area contributed by atoms with E-state index in [1.54, 1.807) is 18.2 Å². The highest BCUT2D eigenvalue weighted by Crippen LogP contribution is 2.27. The maximum atomic E-state index is 13.8. The van der Waals surface area contributed by atoms with Gasteiger partial charge in [-0.15, -0.1) is 11.6 Å². The molecule has 0 unspecified atom stereocenters. The molecule has 2 rings (SSSR count). The first kappa shape index (κ1) is 16.0. The standard InChI is InChI=1S/C15H12BrClF2O2/c1-20-11-2-3-12(16)10(6-11)8-21-15-13(18)4-9(7-17)5-14(15)19/h2-6H,7-8H2,1H3. The Morgan fingerprint density at radius 2 is 1.81 bits per heavy atom. The fourth-order valence-electron chi connectivity index (χ4n) is 1.77. The average Bonchev–Trinajstić information content (AvgIpc) is 2.47. The van der Waals surface area contributed by atoms with Crippen LogP contribution in [0.4, 0.5) is 8.78 Å². The zero-order chi connectivity index (χ0) is 15.4. The van der Waals surface area contributed by atoms with E-state index in [0.29, 0.717) is 11.3 Å². The summed E-state index contributed by atoms with van der Waals surface area (Å²) in [6.07, 6.45) is 0. The second-order valence-corrected chi connectivity index (χ2v) is 5.39. The van der Waals surface area contributed by atoms with Crippen molar-refractivity contribution in [2.45, 2.75) is 12.5 Å². The molecular weight excluding hydrogens is 366 g/mol. The van der Waals surface area contributed by atoms with Crippen LogP contribution in [0, 0.1) is 11.6 Å². The first-order chi connectivity index (χ1) is 10.0.